The van der Waals surface area contributed by atoms with Crippen LogP contribution in [0.25, 0.3) is 0 Å². The highest BCUT2D eigenvalue weighted by Gasteiger charge is 2.26. The first-order valence-electron chi connectivity index (χ1n) is 4.51. The van der Waals surface area contributed by atoms with Crippen LogP contribution in [0.15, 0.2) is 12.1 Å². The zero-order valence-electron chi connectivity index (χ0n) is 8.73. The first-order valence-corrected chi connectivity index (χ1v) is 4.51. The van der Waals surface area contributed by atoms with Crippen LogP contribution in [0.5, 0.6) is 0 Å². The normalized spacial score (nSPS) is 11.3. The molecule has 0 bridgehead atoms. The molecule has 0 aliphatic rings. The molecule has 0 saturated heterocycles. The van der Waals surface area contributed by atoms with Gasteiger partial charge in [-0.3, -0.25) is 14.9 Å². The van der Waals surface area contributed by atoms with Crippen molar-refractivity contribution in [2.75, 3.05) is 0 Å². The Morgan fingerprint density at radius 1 is 1.56 bits per heavy atom. The Hall–Kier alpha value is -2.79. The molecule has 1 atom stereocenters. The summed E-state index contributed by atoms with van der Waals surface area (Å²) in [6.07, 6.45) is -1.93. The Balaban J connectivity index is 3.60. The third-order valence-corrected chi connectivity index (χ3v) is 2.21. The highest BCUT2D eigenvalue weighted by Crippen LogP contribution is 2.27. The van der Waals surface area contributed by atoms with Gasteiger partial charge in [0.15, 0.2) is 12.4 Å². The summed E-state index contributed by atoms with van der Waals surface area (Å²) in [5.41, 5.74) is -2.06. The predicted molar refractivity (Wildman–Crippen MR) is 55.8 cm³/mol. The van der Waals surface area contributed by atoms with E-state index in [1.54, 1.807) is 0 Å². The highest BCUT2D eigenvalue weighted by atomic mass is 16.6. The van der Waals surface area contributed by atoms with Gasteiger partial charge in [-0.05, 0) is 6.07 Å². The van der Waals surface area contributed by atoms with Gasteiger partial charge in [0.25, 0.3) is 5.69 Å². The lowest BCUT2D eigenvalue weighted by Crippen LogP contribution is -2.14. The van der Waals surface area contributed by atoms with E-state index in [1.807, 2.05) is 0 Å². The Bertz CT molecular complexity index is 574. The number of aliphatic carboxylic acids is 1. The minimum absolute atomic E-state index is 0.104. The number of aliphatic hydroxyl groups is 1. The fourth-order valence-electron chi connectivity index (χ4n) is 1.39. The molecule has 0 heterocycles. The van der Waals surface area contributed by atoms with Crippen LogP contribution in [0.1, 0.15) is 27.6 Å². The number of nitrogens with zero attached hydrogens (tertiary/aromatic N) is 2. The van der Waals surface area contributed by atoms with Crippen LogP contribution in [0.2, 0.25) is 0 Å². The molecule has 0 saturated carbocycles. The average molecular weight is 250 g/mol. The topological polar surface area (TPSA) is 142 Å². The van der Waals surface area contributed by atoms with E-state index in [4.69, 9.17) is 10.4 Å². The molecule has 0 aliphatic heterocycles. The lowest BCUT2D eigenvalue weighted by atomic mass is 9.97. The van der Waals surface area contributed by atoms with Crippen LogP contribution in [-0.4, -0.2) is 27.4 Å². The van der Waals surface area contributed by atoms with Gasteiger partial charge in [0.2, 0.25) is 0 Å². The van der Waals surface area contributed by atoms with Crippen LogP contribution in [0.4, 0.5) is 5.69 Å². The monoisotopic (exact) mass is 250 g/mol. The predicted octanol–water partition coefficient (Wildman–Crippen LogP) is 0.397. The molecule has 1 aromatic rings. The summed E-state index contributed by atoms with van der Waals surface area (Å²) >= 11 is 0. The minimum Gasteiger partial charge on any atom is -0.479 e. The highest BCUT2D eigenvalue weighted by molar-refractivity contribution is 5.87. The number of carbonyl (C=O) groups excluding carboxylic acids is 1. The van der Waals surface area contributed by atoms with Gasteiger partial charge in [0.1, 0.15) is 11.6 Å². The number of rotatable bonds is 4. The fourth-order valence-corrected chi connectivity index (χ4v) is 1.39. The minimum atomic E-state index is -2.03. The van der Waals surface area contributed by atoms with Crippen molar-refractivity contribution < 1.29 is 24.7 Å². The molecule has 8 heteroatoms. The number of nitro groups is 1. The molecule has 8 nitrogen and oxygen atoms in total. The van der Waals surface area contributed by atoms with Crippen LogP contribution < -0.4 is 0 Å². The molecule has 0 spiro atoms. The zero-order chi connectivity index (χ0) is 13.9. The molecule has 1 rings (SSSR count). The van der Waals surface area contributed by atoms with Crippen molar-refractivity contribution in [2.45, 2.75) is 6.10 Å². The van der Waals surface area contributed by atoms with Crippen molar-refractivity contribution in [3.63, 3.8) is 0 Å². The summed E-state index contributed by atoms with van der Waals surface area (Å²) < 4.78 is 0. The van der Waals surface area contributed by atoms with E-state index in [0.29, 0.717) is 0 Å². The molecule has 0 aromatic heterocycles. The molecule has 0 fully saturated rings. The Kier molecular flexibility index (Phi) is 3.71. The molecular formula is C10H6N2O6. The number of aldehydes is 1. The maximum atomic E-state index is 10.8. The van der Waals surface area contributed by atoms with Gasteiger partial charge in [-0.1, -0.05) is 0 Å². The summed E-state index contributed by atoms with van der Waals surface area (Å²) in [6.45, 7) is 0. The van der Waals surface area contributed by atoms with E-state index in [9.17, 15) is 24.8 Å². The van der Waals surface area contributed by atoms with Crippen molar-refractivity contribution in [3.8, 4) is 6.07 Å². The number of carboxylic acid groups (broad SMARTS) is 1. The van der Waals surface area contributed by atoms with Crippen molar-refractivity contribution in [3.05, 3.63) is 38.9 Å². The van der Waals surface area contributed by atoms with Crippen molar-refractivity contribution >= 4 is 17.9 Å². The third-order valence-electron chi connectivity index (χ3n) is 2.21. The van der Waals surface area contributed by atoms with E-state index in [1.165, 1.54) is 6.07 Å². The number of nitro benzene ring substituents is 1. The molecule has 0 aliphatic carbocycles. The molecule has 0 amide bonds. The number of hydrogen-bond donors (Lipinski definition) is 2. The number of hydrogen-bond acceptors (Lipinski definition) is 6. The third kappa shape index (κ3) is 2.16. The Morgan fingerprint density at radius 3 is 2.56 bits per heavy atom. The van der Waals surface area contributed by atoms with Crippen LogP contribution >= 0.6 is 0 Å². The maximum absolute atomic E-state index is 10.8. The van der Waals surface area contributed by atoms with E-state index in [2.05, 4.69) is 0 Å². The summed E-state index contributed by atoms with van der Waals surface area (Å²) in [5.74, 6) is -1.63. The van der Waals surface area contributed by atoms with Crippen LogP contribution in [0, 0.1) is 21.4 Å². The lowest BCUT2D eigenvalue weighted by Gasteiger charge is -2.09. The second kappa shape index (κ2) is 5.03. The average Bonchev–Trinajstić information content (AvgIpc) is 2.35. The smallest absolute Gasteiger partial charge is 0.337 e. The standard InChI is InChI=1S/C10H6N2O6/c11-3-6-7(4-13)5(9(14)10(15)16)1-2-8(6)12(17)18/h1-2,4,9,14H,(H,15,16). The summed E-state index contributed by atoms with van der Waals surface area (Å²) in [5, 5.41) is 37.3. The summed E-state index contributed by atoms with van der Waals surface area (Å²) in [6, 6.07) is 3.25. The Labute approximate surface area is 99.8 Å². The lowest BCUT2D eigenvalue weighted by molar-refractivity contribution is -0.385. The van der Waals surface area contributed by atoms with E-state index >= 15 is 0 Å². The molecular weight excluding hydrogens is 244 g/mol. The first kappa shape index (κ1) is 13.3. The van der Waals surface area contributed by atoms with E-state index in [-0.39, 0.29) is 11.8 Å². The van der Waals surface area contributed by atoms with E-state index in [0.717, 1.165) is 12.1 Å². The second-order valence-corrected chi connectivity index (χ2v) is 3.19. The number of nitriles is 1. The quantitative estimate of drug-likeness (QED) is 0.447. The van der Waals surface area contributed by atoms with Gasteiger partial charge in [-0.25, -0.2) is 4.79 Å². The zero-order valence-corrected chi connectivity index (χ0v) is 8.73. The van der Waals surface area contributed by atoms with Gasteiger partial charge >= 0.3 is 5.97 Å². The number of benzene rings is 1. The van der Waals surface area contributed by atoms with Crippen molar-refractivity contribution in [1.29, 1.82) is 5.26 Å². The maximum Gasteiger partial charge on any atom is 0.337 e. The largest absolute Gasteiger partial charge is 0.479 e. The molecule has 92 valence electrons. The fraction of sp³-hybridized carbons (Fsp3) is 0.100. The number of aliphatic hydroxyl groups excluding tert-OH is 1. The molecule has 1 unspecified atom stereocenters. The van der Waals surface area contributed by atoms with Gasteiger partial charge in [0, 0.05) is 17.2 Å². The molecule has 18 heavy (non-hydrogen) atoms. The Morgan fingerprint density at radius 2 is 2.17 bits per heavy atom. The second-order valence-electron chi connectivity index (χ2n) is 3.19. The first-order chi connectivity index (χ1) is 8.43. The van der Waals surface area contributed by atoms with Crippen LogP contribution in [0.3, 0.4) is 0 Å². The molecule has 0 radical (unpaired) electrons. The van der Waals surface area contributed by atoms with Crippen LogP contribution in [-0.2, 0) is 4.79 Å². The van der Waals surface area contributed by atoms with Gasteiger partial charge in [-0.2, -0.15) is 5.26 Å². The molecule has 1 aromatic carbocycles. The van der Waals surface area contributed by atoms with Crippen molar-refractivity contribution in [1.82, 2.24) is 0 Å². The van der Waals surface area contributed by atoms with Gasteiger partial charge < -0.3 is 10.2 Å². The summed E-state index contributed by atoms with van der Waals surface area (Å²) in [4.78, 5) is 31.2. The summed E-state index contributed by atoms with van der Waals surface area (Å²) in [7, 11) is 0. The molecule has 2 N–H and O–H groups in total. The number of carbonyl (C=O) groups is 2. The van der Waals surface area contributed by atoms with Gasteiger partial charge in [-0.15, -0.1) is 0 Å². The van der Waals surface area contributed by atoms with Crippen molar-refractivity contribution in [2.24, 2.45) is 0 Å². The van der Waals surface area contributed by atoms with Gasteiger partial charge in [0.05, 0.1) is 4.92 Å². The number of carboxylic acids is 1. The SMILES string of the molecule is N#Cc1c([N+](=O)[O-])ccc(C(O)C(=O)O)c1C=O. The van der Waals surface area contributed by atoms with E-state index < -0.39 is 33.8 Å².